The number of aromatic nitrogens is 3. The molecule has 2 N–H and O–H groups in total. The summed E-state index contributed by atoms with van der Waals surface area (Å²) in [5.41, 5.74) is 7.17. The summed E-state index contributed by atoms with van der Waals surface area (Å²) in [6.45, 7) is 0.933. The van der Waals surface area contributed by atoms with Crippen molar-refractivity contribution < 1.29 is 4.74 Å². The predicted octanol–water partition coefficient (Wildman–Crippen LogP) is 2.92. The van der Waals surface area contributed by atoms with Crippen LogP contribution >= 0.6 is 11.6 Å². The molecule has 0 fully saturated rings. The zero-order chi connectivity index (χ0) is 14.1. The van der Waals surface area contributed by atoms with Gasteiger partial charge in [0.05, 0.1) is 23.4 Å². The van der Waals surface area contributed by atoms with Gasteiger partial charge in [-0.25, -0.2) is 0 Å². The Balaban J connectivity index is 2.14. The van der Waals surface area contributed by atoms with Crippen LogP contribution in [0.25, 0.3) is 11.4 Å². The number of rotatable bonds is 2. The summed E-state index contributed by atoms with van der Waals surface area (Å²) >= 11 is 6.14. The number of methoxy groups -OCH3 is 1. The molecule has 1 aromatic heterocycles. The van der Waals surface area contributed by atoms with Crippen LogP contribution in [0, 0.1) is 0 Å². The van der Waals surface area contributed by atoms with E-state index in [-0.39, 0.29) is 0 Å². The number of aryl methyl sites for hydroxylation is 1. The molecule has 2 aromatic rings. The second kappa shape index (κ2) is 5.32. The van der Waals surface area contributed by atoms with Crippen molar-refractivity contribution in [3.8, 4) is 17.1 Å². The van der Waals surface area contributed by atoms with Crippen molar-refractivity contribution in [1.29, 1.82) is 0 Å². The van der Waals surface area contributed by atoms with E-state index in [4.69, 9.17) is 22.1 Å². The highest BCUT2D eigenvalue weighted by molar-refractivity contribution is 6.33. The first kappa shape index (κ1) is 13.2. The van der Waals surface area contributed by atoms with Gasteiger partial charge in [-0.3, -0.25) is 0 Å². The van der Waals surface area contributed by atoms with E-state index in [1.54, 1.807) is 19.2 Å². The maximum atomic E-state index is 6.14. The van der Waals surface area contributed by atoms with Crippen LogP contribution in [-0.2, 0) is 13.0 Å². The number of fused-ring (bicyclic) bond motifs is 1. The Morgan fingerprint density at radius 1 is 1.25 bits per heavy atom. The average Bonchev–Trinajstić information content (AvgIpc) is 2.70. The van der Waals surface area contributed by atoms with Gasteiger partial charge in [-0.2, -0.15) is 0 Å². The fourth-order valence-corrected chi connectivity index (χ4v) is 2.76. The van der Waals surface area contributed by atoms with Gasteiger partial charge in [-0.1, -0.05) is 18.0 Å². The quantitative estimate of drug-likeness (QED) is 0.864. The molecule has 0 spiro atoms. The second-order valence-corrected chi connectivity index (χ2v) is 5.38. The third kappa shape index (κ3) is 2.22. The third-order valence-electron chi connectivity index (χ3n) is 3.67. The van der Waals surface area contributed by atoms with Crippen LogP contribution < -0.4 is 10.5 Å². The smallest absolute Gasteiger partial charge is 0.167 e. The van der Waals surface area contributed by atoms with Gasteiger partial charge in [-0.05, 0) is 18.9 Å². The average molecular weight is 293 g/mol. The molecule has 0 saturated carbocycles. The molecule has 1 aliphatic rings. The fourth-order valence-electron chi connectivity index (χ4n) is 2.60. The highest BCUT2D eigenvalue weighted by Gasteiger charge is 2.19. The summed E-state index contributed by atoms with van der Waals surface area (Å²) in [6, 6.07) is 3.54. The topological polar surface area (TPSA) is 66.0 Å². The van der Waals surface area contributed by atoms with Gasteiger partial charge in [0.15, 0.2) is 5.82 Å². The minimum atomic E-state index is 0.503. The molecule has 1 aliphatic heterocycles. The van der Waals surface area contributed by atoms with E-state index in [1.165, 1.54) is 6.42 Å². The summed E-state index contributed by atoms with van der Waals surface area (Å²) in [5, 5.41) is 9.13. The van der Waals surface area contributed by atoms with Crippen molar-refractivity contribution in [1.82, 2.24) is 14.8 Å². The molecule has 0 unspecified atom stereocenters. The van der Waals surface area contributed by atoms with Gasteiger partial charge in [-0.15, -0.1) is 10.2 Å². The van der Waals surface area contributed by atoms with Gasteiger partial charge in [0.2, 0.25) is 0 Å². The SMILES string of the molecule is COc1cc(N)c(Cl)cc1-c1nnc2n1CCCCC2. The number of hydrogen-bond donors (Lipinski definition) is 1. The van der Waals surface area contributed by atoms with Crippen molar-refractivity contribution in [2.75, 3.05) is 12.8 Å². The summed E-state index contributed by atoms with van der Waals surface area (Å²) in [7, 11) is 1.62. The molecule has 0 aliphatic carbocycles. The van der Waals surface area contributed by atoms with E-state index in [2.05, 4.69) is 14.8 Å². The van der Waals surface area contributed by atoms with Crippen LogP contribution in [0.2, 0.25) is 5.02 Å². The van der Waals surface area contributed by atoms with E-state index in [9.17, 15) is 0 Å². The predicted molar refractivity (Wildman–Crippen MR) is 79.0 cm³/mol. The summed E-state index contributed by atoms with van der Waals surface area (Å²) in [4.78, 5) is 0. The Morgan fingerprint density at radius 3 is 2.90 bits per heavy atom. The summed E-state index contributed by atoms with van der Waals surface area (Å²) in [5.74, 6) is 2.51. The zero-order valence-corrected chi connectivity index (χ0v) is 12.2. The Kier molecular flexibility index (Phi) is 3.53. The molecule has 0 radical (unpaired) electrons. The van der Waals surface area contributed by atoms with Crippen LogP contribution in [0.15, 0.2) is 12.1 Å². The number of hydrogen-bond acceptors (Lipinski definition) is 4. The van der Waals surface area contributed by atoms with Crippen molar-refractivity contribution in [2.45, 2.75) is 32.2 Å². The minimum Gasteiger partial charge on any atom is -0.496 e. The zero-order valence-electron chi connectivity index (χ0n) is 11.4. The van der Waals surface area contributed by atoms with Crippen molar-refractivity contribution in [2.24, 2.45) is 0 Å². The van der Waals surface area contributed by atoms with Gasteiger partial charge < -0.3 is 15.0 Å². The molecule has 0 saturated heterocycles. The van der Waals surface area contributed by atoms with E-state index in [0.29, 0.717) is 16.5 Å². The molecular weight excluding hydrogens is 276 g/mol. The lowest BCUT2D eigenvalue weighted by molar-refractivity contribution is 0.416. The number of nitrogens with two attached hydrogens (primary N) is 1. The Labute approximate surface area is 122 Å². The van der Waals surface area contributed by atoms with Gasteiger partial charge in [0.1, 0.15) is 11.6 Å². The van der Waals surface area contributed by atoms with Crippen molar-refractivity contribution >= 4 is 17.3 Å². The fraction of sp³-hybridized carbons (Fsp3) is 0.429. The summed E-state index contributed by atoms with van der Waals surface area (Å²) < 4.78 is 7.57. The maximum Gasteiger partial charge on any atom is 0.167 e. The lowest BCUT2D eigenvalue weighted by Crippen LogP contribution is -2.04. The summed E-state index contributed by atoms with van der Waals surface area (Å²) in [6.07, 6.45) is 4.50. The molecule has 3 rings (SSSR count). The number of halogens is 1. The number of anilines is 1. The molecule has 0 amide bonds. The number of nitrogen functional groups attached to an aromatic ring is 1. The standard InChI is InChI=1S/C14H17ClN4O/c1-20-12-8-11(16)10(15)7-9(12)14-18-17-13-5-3-2-4-6-19(13)14/h7-8H,2-6,16H2,1H3. The molecule has 1 aromatic carbocycles. The number of benzene rings is 1. The van der Waals surface area contributed by atoms with Crippen LogP contribution in [-0.4, -0.2) is 21.9 Å². The van der Waals surface area contributed by atoms with Crippen LogP contribution in [0.5, 0.6) is 5.75 Å². The number of ether oxygens (including phenoxy) is 1. The molecule has 0 bridgehead atoms. The molecule has 20 heavy (non-hydrogen) atoms. The van der Waals surface area contributed by atoms with E-state index in [1.807, 2.05) is 0 Å². The second-order valence-electron chi connectivity index (χ2n) is 4.98. The Hall–Kier alpha value is -1.75. The molecule has 5 nitrogen and oxygen atoms in total. The Morgan fingerprint density at radius 2 is 2.10 bits per heavy atom. The largest absolute Gasteiger partial charge is 0.496 e. The first-order chi connectivity index (χ1) is 9.70. The third-order valence-corrected chi connectivity index (χ3v) is 4.00. The monoisotopic (exact) mass is 292 g/mol. The van der Waals surface area contributed by atoms with Crippen molar-refractivity contribution in [3.05, 3.63) is 23.0 Å². The molecule has 2 heterocycles. The molecule has 106 valence electrons. The van der Waals surface area contributed by atoms with Gasteiger partial charge >= 0.3 is 0 Å². The van der Waals surface area contributed by atoms with Gasteiger partial charge in [0, 0.05) is 19.0 Å². The van der Waals surface area contributed by atoms with Crippen LogP contribution in [0.4, 0.5) is 5.69 Å². The van der Waals surface area contributed by atoms with E-state index < -0.39 is 0 Å². The van der Waals surface area contributed by atoms with Crippen LogP contribution in [0.3, 0.4) is 0 Å². The molecule has 6 heteroatoms. The Bertz CT molecular complexity index is 638. The first-order valence-corrected chi connectivity index (χ1v) is 7.14. The van der Waals surface area contributed by atoms with Crippen LogP contribution in [0.1, 0.15) is 25.1 Å². The van der Waals surface area contributed by atoms with E-state index in [0.717, 1.165) is 43.0 Å². The highest BCUT2D eigenvalue weighted by atomic mass is 35.5. The van der Waals surface area contributed by atoms with Crippen molar-refractivity contribution in [3.63, 3.8) is 0 Å². The highest BCUT2D eigenvalue weighted by Crippen LogP contribution is 2.36. The lowest BCUT2D eigenvalue weighted by Gasteiger charge is -2.12. The van der Waals surface area contributed by atoms with E-state index >= 15 is 0 Å². The molecule has 0 atom stereocenters. The molecular formula is C14H17ClN4O. The maximum absolute atomic E-state index is 6.14. The number of nitrogens with zero attached hydrogens (tertiary/aromatic N) is 3. The normalized spacial score (nSPS) is 14.7. The minimum absolute atomic E-state index is 0.503. The lowest BCUT2D eigenvalue weighted by atomic mass is 10.1. The first-order valence-electron chi connectivity index (χ1n) is 6.76. The van der Waals surface area contributed by atoms with Gasteiger partial charge in [0.25, 0.3) is 0 Å².